The van der Waals surface area contributed by atoms with Crippen LogP contribution >= 0.6 is 27.3 Å². The largest absolute Gasteiger partial charge is 0.251 e. The third kappa shape index (κ3) is 3.28. The van der Waals surface area contributed by atoms with Crippen LogP contribution in [0.4, 0.5) is 0 Å². The van der Waals surface area contributed by atoms with Gasteiger partial charge in [0.05, 0.1) is 9.86 Å². The van der Waals surface area contributed by atoms with Gasteiger partial charge in [0, 0.05) is 0 Å². The van der Waals surface area contributed by atoms with Gasteiger partial charge in [-0.15, -0.1) is 11.3 Å². The van der Waals surface area contributed by atoms with Crippen molar-refractivity contribution in [2.24, 2.45) is 5.92 Å². The number of rotatable bonds is 4. The minimum Gasteiger partial charge on any atom is -0.206 e. The molecule has 0 aliphatic rings. The summed E-state index contributed by atoms with van der Waals surface area (Å²) in [7, 11) is -3.64. The number of hydrogen-bond donors (Lipinski definition) is 1. The average Bonchev–Trinajstić information content (AvgIpc) is 2.64. The zero-order valence-corrected chi connectivity index (χ0v) is 12.9. The number of nitrogens with one attached hydrogen (secondary N) is 1. The Morgan fingerprint density at radius 1 is 1.53 bits per heavy atom. The van der Waals surface area contributed by atoms with E-state index in [4.69, 9.17) is 5.26 Å². The van der Waals surface area contributed by atoms with Gasteiger partial charge < -0.3 is 0 Å². The Hall–Kier alpha value is -0.420. The van der Waals surface area contributed by atoms with E-state index in [1.54, 1.807) is 26.8 Å². The number of sulfonamides is 1. The van der Waals surface area contributed by atoms with E-state index in [-0.39, 0.29) is 10.1 Å². The molecule has 1 rings (SSSR count). The summed E-state index contributed by atoms with van der Waals surface area (Å²) in [5, 5.41) is 9.09. The van der Waals surface area contributed by atoms with Gasteiger partial charge in [-0.1, -0.05) is 13.8 Å². The van der Waals surface area contributed by atoms with Crippen molar-refractivity contribution in [2.45, 2.75) is 30.5 Å². The molecule has 0 radical (unpaired) electrons. The van der Waals surface area contributed by atoms with Crippen molar-refractivity contribution in [1.29, 1.82) is 5.26 Å². The van der Waals surface area contributed by atoms with Crippen LogP contribution in [-0.2, 0) is 10.0 Å². The first-order chi connectivity index (χ1) is 7.71. The molecule has 1 aromatic rings. The van der Waals surface area contributed by atoms with Crippen molar-refractivity contribution < 1.29 is 8.42 Å². The van der Waals surface area contributed by atoms with Crippen LogP contribution in [0.25, 0.3) is 0 Å². The molecular formula is C10H13BrN2O2S2. The fourth-order valence-corrected chi connectivity index (χ4v) is 4.50. The molecule has 0 fully saturated rings. The Kier molecular flexibility index (Phi) is 4.36. The monoisotopic (exact) mass is 336 g/mol. The van der Waals surface area contributed by atoms with E-state index in [9.17, 15) is 8.42 Å². The predicted molar refractivity (Wildman–Crippen MR) is 71.2 cm³/mol. The van der Waals surface area contributed by atoms with Gasteiger partial charge in [0.2, 0.25) is 0 Å². The van der Waals surface area contributed by atoms with Gasteiger partial charge in [-0.05, 0) is 40.9 Å². The van der Waals surface area contributed by atoms with Crippen molar-refractivity contribution in [3.8, 4) is 6.07 Å². The average molecular weight is 337 g/mol. The maximum Gasteiger partial charge on any atom is 0.251 e. The first-order valence-corrected chi connectivity index (χ1v) is 8.01. The molecule has 0 amide bonds. The highest BCUT2D eigenvalue weighted by atomic mass is 79.9. The summed E-state index contributed by atoms with van der Waals surface area (Å²) < 4.78 is 27.5. The number of hydrogen-bond acceptors (Lipinski definition) is 4. The highest BCUT2D eigenvalue weighted by Gasteiger charge is 2.34. The number of nitriles is 1. The molecule has 0 aliphatic heterocycles. The molecule has 7 heteroatoms. The standard InChI is InChI=1S/C10H13BrN2O2S2/c1-7(2)10(3,6-12)13-17(14,15)9-5-4-8(11)16-9/h4-5,7,13H,1-3H3/t10-/m0/s1. The molecule has 1 N–H and O–H groups in total. The molecule has 0 unspecified atom stereocenters. The third-order valence-corrected chi connectivity index (χ3v) is 6.23. The molecule has 0 spiro atoms. The summed E-state index contributed by atoms with van der Waals surface area (Å²) in [5.74, 6) is -0.120. The highest BCUT2D eigenvalue weighted by Crippen LogP contribution is 2.27. The summed E-state index contributed by atoms with van der Waals surface area (Å²) in [6, 6.07) is 5.19. The number of nitrogens with zero attached hydrogens (tertiary/aromatic N) is 1. The van der Waals surface area contributed by atoms with Crippen LogP contribution in [-0.4, -0.2) is 14.0 Å². The normalized spacial score (nSPS) is 15.5. The van der Waals surface area contributed by atoms with Crippen LogP contribution in [0.15, 0.2) is 20.1 Å². The Morgan fingerprint density at radius 3 is 2.47 bits per heavy atom. The van der Waals surface area contributed by atoms with Gasteiger partial charge in [0.25, 0.3) is 10.0 Å². The van der Waals surface area contributed by atoms with Crippen LogP contribution < -0.4 is 4.72 Å². The molecule has 0 aromatic carbocycles. The Bertz CT molecular complexity index is 545. The second kappa shape index (κ2) is 5.06. The number of thiophene rings is 1. The van der Waals surface area contributed by atoms with Gasteiger partial charge >= 0.3 is 0 Å². The predicted octanol–water partition coefficient (Wildman–Crippen LogP) is 2.73. The number of halogens is 1. The zero-order valence-electron chi connectivity index (χ0n) is 9.69. The summed E-state index contributed by atoms with van der Waals surface area (Å²) in [6.07, 6.45) is 0. The van der Waals surface area contributed by atoms with E-state index in [1.165, 1.54) is 6.07 Å². The minimum atomic E-state index is -3.64. The van der Waals surface area contributed by atoms with E-state index < -0.39 is 15.6 Å². The molecule has 0 aliphatic carbocycles. The molecule has 4 nitrogen and oxygen atoms in total. The van der Waals surface area contributed by atoms with E-state index in [2.05, 4.69) is 20.7 Å². The lowest BCUT2D eigenvalue weighted by Crippen LogP contribution is -2.48. The minimum absolute atomic E-state index is 0.120. The third-order valence-electron chi connectivity index (χ3n) is 2.55. The maximum atomic E-state index is 12.1. The lowest BCUT2D eigenvalue weighted by atomic mass is 9.92. The molecule has 1 atom stereocenters. The molecule has 0 saturated carbocycles. The summed E-state index contributed by atoms with van der Waals surface area (Å²) in [6.45, 7) is 5.18. The quantitative estimate of drug-likeness (QED) is 0.918. The van der Waals surface area contributed by atoms with E-state index in [1.807, 2.05) is 6.07 Å². The molecule has 0 saturated heterocycles. The van der Waals surface area contributed by atoms with Crippen LogP contribution in [0.3, 0.4) is 0 Å². The zero-order chi connectivity index (χ0) is 13.3. The van der Waals surface area contributed by atoms with Crippen molar-refractivity contribution in [1.82, 2.24) is 4.72 Å². The topological polar surface area (TPSA) is 70.0 Å². The van der Waals surface area contributed by atoms with Gasteiger partial charge in [-0.25, -0.2) is 8.42 Å². The summed E-state index contributed by atoms with van der Waals surface area (Å²) in [5.41, 5.74) is -1.10. The molecule has 17 heavy (non-hydrogen) atoms. The fraction of sp³-hybridized carbons (Fsp3) is 0.500. The van der Waals surface area contributed by atoms with Crippen LogP contribution in [0.1, 0.15) is 20.8 Å². The van der Waals surface area contributed by atoms with E-state index >= 15 is 0 Å². The Labute approximate surface area is 114 Å². The van der Waals surface area contributed by atoms with Crippen LogP contribution in [0, 0.1) is 17.2 Å². The first-order valence-electron chi connectivity index (χ1n) is 4.92. The maximum absolute atomic E-state index is 12.1. The Morgan fingerprint density at radius 2 is 2.12 bits per heavy atom. The summed E-state index contributed by atoms with van der Waals surface area (Å²) in [4.78, 5) is 0. The van der Waals surface area contributed by atoms with Gasteiger partial charge in [-0.3, -0.25) is 0 Å². The SMILES string of the molecule is CC(C)[C@](C)(C#N)NS(=O)(=O)c1ccc(Br)s1. The second-order valence-corrected chi connectivity index (χ2v) is 8.51. The van der Waals surface area contributed by atoms with Crippen LogP contribution in [0.5, 0.6) is 0 Å². The second-order valence-electron chi connectivity index (χ2n) is 4.13. The first kappa shape index (κ1) is 14.6. The van der Waals surface area contributed by atoms with E-state index in [0.717, 1.165) is 15.1 Å². The van der Waals surface area contributed by atoms with Crippen molar-refractivity contribution in [3.05, 3.63) is 15.9 Å². The smallest absolute Gasteiger partial charge is 0.206 e. The van der Waals surface area contributed by atoms with Crippen molar-refractivity contribution >= 4 is 37.3 Å². The molecule has 1 heterocycles. The van der Waals surface area contributed by atoms with Gasteiger partial charge in [0.1, 0.15) is 9.75 Å². The lowest BCUT2D eigenvalue weighted by Gasteiger charge is -2.26. The fourth-order valence-electron chi connectivity index (χ4n) is 1.04. The lowest BCUT2D eigenvalue weighted by molar-refractivity contribution is 0.389. The summed E-state index contributed by atoms with van der Waals surface area (Å²) >= 11 is 4.33. The Balaban J connectivity index is 3.07. The van der Waals surface area contributed by atoms with Crippen molar-refractivity contribution in [3.63, 3.8) is 0 Å². The molecule has 1 aromatic heterocycles. The van der Waals surface area contributed by atoms with Gasteiger partial charge in [-0.2, -0.15) is 9.98 Å². The van der Waals surface area contributed by atoms with Crippen LogP contribution in [0.2, 0.25) is 0 Å². The highest BCUT2D eigenvalue weighted by molar-refractivity contribution is 9.11. The molecule has 94 valence electrons. The molecule has 0 bridgehead atoms. The molecular weight excluding hydrogens is 324 g/mol. The van der Waals surface area contributed by atoms with Crippen molar-refractivity contribution in [2.75, 3.05) is 0 Å². The van der Waals surface area contributed by atoms with Gasteiger partial charge in [0.15, 0.2) is 0 Å². The van der Waals surface area contributed by atoms with E-state index in [0.29, 0.717) is 0 Å².